The van der Waals surface area contributed by atoms with Crippen LogP contribution in [-0.4, -0.2) is 15.0 Å². The van der Waals surface area contributed by atoms with E-state index in [1.807, 2.05) is 67.0 Å². The summed E-state index contributed by atoms with van der Waals surface area (Å²) < 4.78 is 6.20. The predicted molar refractivity (Wildman–Crippen MR) is 177 cm³/mol. The van der Waals surface area contributed by atoms with Crippen LogP contribution >= 0.6 is 0 Å². The second-order valence-corrected chi connectivity index (χ2v) is 10.3. The molecule has 0 radical (unpaired) electrons. The van der Waals surface area contributed by atoms with Crippen molar-refractivity contribution in [2.24, 2.45) is 0 Å². The Balaban J connectivity index is 1.26. The average Bonchev–Trinajstić information content (AvgIpc) is 3.52. The third-order valence-electron chi connectivity index (χ3n) is 7.65. The van der Waals surface area contributed by atoms with Gasteiger partial charge >= 0.3 is 0 Å². The fourth-order valence-electron chi connectivity index (χ4n) is 5.46. The largest absolute Gasteiger partial charge is 0.436 e. The smallest absolute Gasteiger partial charge is 0.227 e. The Labute approximate surface area is 250 Å². The number of hydrogen-bond donors (Lipinski definition) is 0. The first-order valence-electron chi connectivity index (χ1n) is 14.1. The van der Waals surface area contributed by atoms with Crippen LogP contribution in [-0.2, 0) is 0 Å². The normalized spacial score (nSPS) is 11.0. The van der Waals surface area contributed by atoms with Crippen molar-refractivity contribution in [3.05, 3.63) is 152 Å². The topological polar surface area (TPSA) is 51.8 Å². The van der Waals surface area contributed by atoms with Gasteiger partial charge in [-0.15, -0.1) is 0 Å². The maximum Gasteiger partial charge on any atom is 0.227 e. The molecule has 4 heteroatoms. The van der Waals surface area contributed by atoms with E-state index in [9.17, 15) is 0 Å². The number of rotatable bonds is 7. The summed E-state index contributed by atoms with van der Waals surface area (Å²) in [6, 6.07) is 35.3. The van der Waals surface area contributed by atoms with Gasteiger partial charge in [-0.05, 0) is 99.1 Å². The monoisotopic (exact) mass is 553 g/mol. The Morgan fingerprint density at radius 3 is 1.77 bits per heavy atom. The third kappa shape index (κ3) is 5.07. The highest BCUT2D eigenvalue weighted by atomic mass is 16.3. The molecule has 0 atom stereocenters. The van der Waals surface area contributed by atoms with Crippen LogP contribution in [0.25, 0.3) is 79.2 Å². The van der Waals surface area contributed by atoms with Crippen molar-refractivity contribution < 1.29 is 4.42 Å². The molecule has 0 spiro atoms. The number of fused-ring (bicyclic) bond motifs is 1. The van der Waals surface area contributed by atoms with Gasteiger partial charge in [0.05, 0.1) is 0 Å². The summed E-state index contributed by atoms with van der Waals surface area (Å²) in [5, 5.41) is 0. The number of pyridine rings is 2. The summed E-state index contributed by atoms with van der Waals surface area (Å²) in [4.78, 5) is 13.5. The molecule has 0 unspecified atom stereocenters. The lowest BCUT2D eigenvalue weighted by Crippen LogP contribution is -1.87. The Hall–Kier alpha value is -5.87. The SMILES string of the molecule is C=Cc1cccc(-c2ccc(-c3nc4cc(-c5cc(-c6cccnc6)cc(-c6cccnc6)c5)ccc4o3)cc2)c1C=C. The number of benzene rings is 4. The van der Waals surface area contributed by atoms with Crippen LogP contribution in [0, 0.1) is 0 Å². The van der Waals surface area contributed by atoms with Gasteiger partial charge in [0.1, 0.15) is 5.52 Å². The van der Waals surface area contributed by atoms with Crippen molar-refractivity contribution in [1.29, 1.82) is 0 Å². The van der Waals surface area contributed by atoms with Gasteiger partial charge in [-0.25, -0.2) is 4.98 Å². The minimum absolute atomic E-state index is 0.586. The van der Waals surface area contributed by atoms with Gasteiger partial charge in [0.2, 0.25) is 5.89 Å². The molecule has 0 aliphatic rings. The van der Waals surface area contributed by atoms with Crippen LogP contribution in [0.2, 0.25) is 0 Å². The van der Waals surface area contributed by atoms with Gasteiger partial charge in [0, 0.05) is 41.5 Å². The minimum Gasteiger partial charge on any atom is -0.436 e. The summed E-state index contributed by atoms with van der Waals surface area (Å²) >= 11 is 0. The molecule has 204 valence electrons. The van der Waals surface area contributed by atoms with Crippen LogP contribution in [0.1, 0.15) is 11.1 Å². The molecule has 0 aliphatic carbocycles. The predicted octanol–water partition coefficient (Wildman–Crippen LogP) is 10.2. The lowest BCUT2D eigenvalue weighted by atomic mass is 9.94. The molecule has 43 heavy (non-hydrogen) atoms. The third-order valence-corrected chi connectivity index (χ3v) is 7.65. The van der Waals surface area contributed by atoms with Gasteiger partial charge in [-0.2, -0.15) is 0 Å². The maximum absolute atomic E-state index is 6.20. The highest BCUT2D eigenvalue weighted by Gasteiger charge is 2.13. The first-order valence-corrected chi connectivity index (χ1v) is 14.1. The molecule has 7 aromatic rings. The molecular formula is C39H27N3O. The number of hydrogen-bond acceptors (Lipinski definition) is 4. The molecule has 0 aliphatic heterocycles. The lowest BCUT2D eigenvalue weighted by molar-refractivity contribution is 0.620. The standard InChI is InChI=1S/C39H27N3O/c1-3-26-8-5-11-36(35(26)4-2)27-12-14-28(15-13-27)39-42-37-23-29(16-17-38(37)43-39)32-20-33(30-9-6-18-40-24-30)22-34(21-32)31-10-7-19-41-25-31/h3-25H,1-2H2. The molecule has 3 heterocycles. The average molecular weight is 554 g/mol. The van der Waals surface area contributed by atoms with E-state index in [4.69, 9.17) is 9.40 Å². The van der Waals surface area contributed by atoms with Crippen molar-refractivity contribution in [3.63, 3.8) is 0 Å². The fraction of sp³-hybridized carbons (Fsp3) is 0. The zero-order chi connectivity index (χ0) is 29.2. The first-order chi connectivity index (χ1) is 21.2. The van der Waals surface area contributed by atoms with Gasteiger partial charge in [0.25, 0.3) is 0 Å². The molecule has 3 aromatic heterocycles. The number of aromatic nitrogens is 3. The van der Waals surface area contributed by atoms with E-state index >= 15 is 0 Å². The van der Waals surface area contributed by atoms with Crippen LogP contribution in [0.15, 0.2) is 145 Å². The molecular weight excluding hydrogens is 526 g/mol. The van der Waals surface area contributed by atoms with Crippen molar-refractivity contribution in [2.45, 2.75) is 0 Å². The fourth-order valence-corrected chi connectivity index (χ4v) is 5.46. The number of oxazole rings is 1. The molecule has 0 bridgehead atoms. The van der Waals surface area contributed by atoms with Crippen LogP contribution < -0.4 is 0 Å². The molecule has 0 saturated heterocycles. The zero-order valence-corrected chi connectivity index (χ0v) is 23.4. The maximum atomic E-state index is 6.20. The van der Waals surface area contributed by atoms with E-state index in [1.54, 1.807) is 12.4 Å². The van der Waals surface area contributed by atoms with Gasteiger partial charge in [-0.1, -0.05) is 73.8 Å². The first kappa shape index (κ1) is 26.1. The molecule has 0 fully saturated rings. The summed E-state index contributed by atoms with van der Waals surface area (Å²) in [5.41, 5.74) is 13.2. The summed E-state index contributed by atoms with van der Waals surface area (Å²) in [5.74, 6) is 0.586. The molecule has 0 N–H and O–H groups in total. The van der Waals surface area contributed by atoms with E-state index in [0.29, 0.717) is 5.89 Å². The summed E-state index contributed by atoms with van der Waals surface area (Å²) in [6.07, 6.45) is 11.1. The van der Waals surface area contributed by atoms with Gasteiger partial charge < -0.3 is 4.42 Å². The second kappa shape index (κ2) is 11.2. The van der Waals surface area contributed by atoms with E-state index in [1.165, 1.54) is 0 Å². The lowest BCUT2D eigenvalue weighted by Gasteiger charge is -2.11. The molecule has 0 saturated carbocycles. The zero-order valence-electron chi connectivity index (χ0n) is 23.4. The highest BCUT2D eigenvalue weighted by molar-refractivity contribution is 5.87. The quantitative estimate of drug-likeness (QED) is 0.197. The van der Waals surface area contributed by atoms with Crippen molar-refractivity contribution in [2.75, 3.05) is 0 Å². The molecule has 4 nitrogen and oxygen atoms in total. The molecule has 7 rings (SSSR count). The Morgan fingerprint density at radius 2 is 1.16 bits per heavy atom. The van der Waals surface area contributed by atoms with E-state index in [2.05, 4.69) is 83.8 Å². The highest BCUT2D eigenvalue weighted by Crippen LogP contribution is 2.35. The van der Waals surface area contributed by atoms with Crippen molar-refractivity contribution in [3.8, 4) is 56.0 Å². The summed E-state index contributed by atoms with van der Waals surface area (Å²) in [7, 11) is 0. The van der Waals surface area contributed by atoms with E-state index < -0.39 is 0 Å². The van der Waals surface area contributed by atoms with E-state index in [-0.39, 0.29) is 0 Å². The van der Waals surface area contributed by atoms with Crippen LogP contribution in [0.5, 0.6) is 0 Å². The van der Waals surface area contributed by atoms with Crippen molar-refractivity contribution in [1.82, 2.24) is 15.0 Å². The second-order valence-electron chi connectivity index (χ2n) is 10.3. The Kier molecular flexibility index (Phi) is 6.78. The van der Waals surface area contributed by atoms with Gasteiger partial charge in [-0.3, -0.25) is 9.97 Å². The summed E-state index contributed by atoms with van der Waals surface area (Å²) in [6.45, 7) is 7.94. The Bertz CT molecular complexity index is 2040. The van der Waals surface area contributed by atoms with Crippen LogP contribution in [0.3, 0.4) is 0 Å². The number of nitrogens with zero attached hydrogens (tertiary/aromatic N) is 3. The van der Waals surface area contributed by atoms with Crippen LogP contribution in [0.4, 0.5) is 0 Å². The van der Waals surface area contributed by atoms with Crippen molar-refractivity contribution >= 4 is 23.3 Å². The van der Waals surface area contributed by atoms with Gasteiger partial charge in [0.15, 0.2) is 5.58 Å². The Morgan fingerprint density at radius 1 is 0.535 bits per heavy atom. The molecule has 0 amide bonds. The molecule has 4 aromatic carbocycles. The van der Waals surface area contributed by atoms with E-state index in [0.717, 1.165) is 72.3 Å². The minimum atomic E-state index is 0.586.